The lowest BCUT2D eigenvalue weighted by atomic mass is 9.96. The molecule has 5 heteroatoms. The van der Waals surface area contributed by atoms with E-state index in [0.717, 1.165) is 17.4 Å². The summed E-state index contributed by atoms with van der Waals surface area (Å²) in [5.74, 6) is 0.542. The largest absolute Gasteiger partial charge is 0.362 e. The molecule has 0 saturated carbocycles. The number of hydrogen-bond donors (Lipinski definition) is 2. The van der Waals surface area contributed by atoms with Gasteiger partial charge >= 0.3 is 0 Å². The van der Waals surface area contributed by atoms with Crippen LogP contribution in [0.15, 0.2) is 30.5 Å². The topological polar surface area (TPSA) is 44.0 Å². The number of rotatable bonds is 4. The molecule has 2 atom stereocenters. The lowest BCUT2D eigenvalue weighted by molar-refractivity contribution is 0.287. The van der Waals surface area contributed by atoms with Gasteiger partial charge in [-0.25, -0.2) is 0 Å². The minimum Gasteiger partial charge on any atom is -0.362 e. The van der Waals surface area contributed by atoms with Crippen molar-refractivity contribution in [3.63, 3.8) is 0 Å². The Labute approximate surface area is 143 Å². The minimum absolute atomic E-state index is 0.0800. The number of nitrogens with one attached hydrogen (secondary N) is 2. The van der Waals surface area contributed by atoms with E-state index in [2.05, 4.69) is 60.0 Å². The van der Waals surface area contributed by atoms with E-state index >= 15 is 0 Å². The van der Waals surface area contributed by atoms with Crippen molar-refractivity contribution in [3.05, 3.63) is 53.1 Å². The molecule has 2 N–H and O–H groups in total. The monoisotopic (exact) mass is 328 g/mol. The van der Waals surface area contributed by atoms with Crippen molar-refractivity contribution in [2.24, 2.45) is 5.92 Å². The van der Waals surface area contributed by atoms with Crippen LogP contribution in [0.1, 0.15) is 48.6 Å². The Kier molecular flexibility index (Phi) is 4.39. The van der Waals surface area contributed by atoms with Crippen molar-refractivity contribution < 1.29 is 0 Å². The number of aryl methyl sites for hydroxylation is 2. The Balaban J connectivity index is 2.05. The van der Waals surface area contributed by atoms with E-state index in [-0.39, 0.29) is 12.1 Å². The average molecular weight is 328 g/mol. The Morgan fingerprint density at radius 2 is 2.09 bits per heavy atom. The molecule has 1 fully saturated rings. The molecule has 2 unspecified atom stereocenters. The highest BCUT2D eigenvalue weighted by atomic mass is 32.1. The van der Waals surface area contributed by atoms with Gasteiger partial charge in [0.15, 0.2) is 5.11 Å². The highest BCUT2D eigenvalue weighted by molar-refractivity contribution is 7.80. The molecule has 1 aliphatic heterocycles. The van der Waals surface area contributed by atoms with Crippen molar-refractivity contribution in [1.29, 1.82) is 0 Å². The Hall–Kier alpha value is -1.88. The van der Waals surface area contributed by atoms with Crippen LogP contribution in [-0.4, -0.2) is 26.5 Å². The van der Waals surface area contributed by atoms with Gasteiger partial charge in [0, 0.05) is 24.1 Å². The van der Waals surface area contributed by atoms with Crippen molar-refractivity contribution in [2.75, 3.05) is 6.54 Å². The molecule has 23 heavy (non-hydrogen) atoms. The van der Waals surface area contributed by atoms with Gasteiger partial charge in [0.1, 0.15) is 0 Å². The fraction of sp³-hybridized carbons (Fsp3) is 0.444. The lowest BCUT2D eigenvalue weighted by Crippen LogP contribution is -2.33. The molecule has 1 aliphatic rings. The van der Waals surface area contributed by atoms with Gasteiger partial charge in [-0.05, 0) is 55.7 Å². The molecule has 4 nitrogen and oxygen atoms in total. The van der Waals surface area contributed by atoms with E-state index in [1.807, 2.05) is 18.3 Å². The predicted molar refractivity (Wildman–Crippen MR) is 97.3 cm³/mol. The number of pyridine rings is 1. The highest BCUT2D eigenvalue weighted by Gasteiger charge is 2.40. The van der Waals surface area contributed by atoms with E-state index in [1.165, 1.54) is 17.0 Å². The maximum absolute atomic E-state index is 5.64. The van der Waals surface area contributed by atoms with Gasteiger partial charge in [-0.3, -0.25) is 4.98 Å². The molecule has 0 amide bonds. The van der Waals surface area contributed by atoms with Gasteiger partial charge in [-0.2, -0.15) is 0 Å². The molecule has 0 aromatic carbocycles. The minimum atomic E-state index is 0.0800. The molecule has 3 heterocycles. The number of nitrogens with zero attached hydrogens (tertiary/aromatic N) is 2. The van der Waals surface area contributed by atoms with E-state index < -0.39 is 0 Å². The van der Waals surface area contributed by atoms with Crippen LogP contribution < -0.4 is 5.32 Å². The molecule has 3 rings (SSSR count). The fourth-order valence-corrected chi connectivity index (χ4v) is 3.70. The third kappa shape index (κ3) is 3.11. The summed E-state index contributed by atoms with van der Waals surface area (Å²) in [6.45, 7) is 9.61. The van der Waals surface area contributed by atoms with Crippen molar-refractivity contribution in [1.82, 2.24) is 20.2 Å². The average Bonchev–Trinajstić information content (AvgIpc) is 2.99. The van der Waals surface area contributed by atoms with E-state index in [0.29, 0.717) is 5.92 Å². The zero-order valence-corrected chi connectivity index (χ0v) is 14.9. The van der Waals surface area contributed by atoms with Crippen molar-refractivity contribution >= 4 is 17.3 Å². The summed E-state index contributed by atoms with van der Waals surface area (Å²) in [7, 11) is 0. The Bertz CT molecular complexity index is 692. The zero-order valence-electron chi connectivity index (χ0n) is 14.1. The summed E-state index contributed by atoms with van der Waals surface area (Å²) < 4.78 is 0. The molecule has 0 spiro atoms. The van der Waals surface area contributed by atoms with Gasteiger partial charge in [0.05, 0.1) is 17.8 Å². The quantitative estimate of drug-likeness (QED) is 0.841. The maximum Gasteiger partial charge on any atom is 0.170 e. The molecule has 0 radical (unpaired) electrons. The molecular weight excluding hydrogens is 304 g/mol. The molecule has 0 aliphatic carbocycles. The number of aromatic amines is 1. The Morgan fingerprint density at radius 3 is 2.65 bits per heavy atom. The van der Waals surface area contributed by atoms with Crippen LogP contribution in [0.5, 0.6) is 0 Å². The van der Waals surface area contributed by atoms with Gasteiger partial charge in [0.25, 0.3) is 0 Å². The zero-order chi connectivity index (χ0) is 16.6. The van der Waals surface area contributed by atoms with E-state index in [1.54, 1.807) is 0 Å². The highest BCUT2D eigenvalue weighted by Crippen LogP contribution is 2.40. The van der Waals surface area contributed by atoms with Crippen LogP contribution >= 0.6 is 12.2 Å². The van der Waals surface area contributed by atoms with Gasteiger partial charge in [-0.15, -0.1) is 0 Å². The van der Waals surface area contributed by atoms with E-state index in [4.69, 9.17) is 12.2 Å². The van der Waals surface area contributed by atoms with Crippen LogP contribution in [0.25, 0.3) is 0 Å². The second-order valence-electron chi connectivity index (χ2n) is 6.71. The first-order valence-electron chi connectivity index (χ1n) is 8.11. The van der Waals surface area contributed by atoms with E-state index in [9.17, 15) is 0 Å². The summed E-state index contributed by atoms with van der Waals surface area (Å²) in [6, 6.07) is 8.54. The fourth-order valence-electron chi connectivity index (χ4n) is 3.39. The summed E-state index contributed by atoms with van der Waals surface area (Å²) in [5, 5.41) is 4.31. The van der Waals surface area contributed by atoms with Crippen molar-refractivity contribution in [2.45, 2.75) is 39.8 Å². The number of H-pyrrole nitrogens is 1. The Morgan fingerprint density at radius 1 is 1.30 bits per heavy atom. The number of thiocarbonyl (C=S) groups is 1. The normalized spacial score (nSPS) is 21.1. The number of hydrogen-bond acceptors (Lipinski definition) is 2. The summed E-state index contributed by atoms with van der Waals surface area (Å²) in [6.07, 6.45) is 1.84. The summed E-state index contributed by atoms with van der Waals surface area (Å²) in [5.41, 5.74) is 4.71. The van der Waals surface area contributed by atoms with Gasteiger partial charge < -0.3 is 15.2 Å². The first kappa shape index (κ1) is 16.0. The van der Waals surface area contributed by atoms with Crippen LogP contribution in [0.2, 0.25) is 0 Å². The standard InChI is InChI=1S/C18H24N4S/c1-11(2)10-22-17(14-9-12(3)20-13(14)4)16(21-18(22)23)15-7-5-6-8-19-15/h5-9,11,16-17,20H,10H2,1-4H3,(H,21,23). The first-order chi connectivity index (χ1) is 11.0. The second-order valence-corrected chi connectivity index (χ2v) is 7.09. The first-order valence-corrected chi connectivity index (χ1v) is 8.52. The van der Waals surface area contributed by atoms with Gasteiger partial charge in [-0.1, -0.05) is 19.9 Å². The predicted octanol–water partition coefficient (Wildman–Crippen LogP) is 3.66. The molecule has 1 saturated heterocycles. The van der Waals surface area contributed by atoms with Crippen LogP contribution in [0, 0.1) is 19.8 Å². The van der Waals surface area contributed by atoms with Gasteiger partial charge in [0.2, 0.25) is 0 Å². The SMILES string of the molecule is Cc1cc(C2C(c3ccccn3)NC(=S)N2CC(C)C)c(C)[nH]1. The summed E-state index contributed by atoms with van der Waals surface area (Å²) in [4.78, 5) is 10.3. The maximum atomic E-state index is 5.64. The summed E-state index contributed by atoms with van der Waals surface area (Å²) >= 11 is 5.64. The van der Waals surface area contributed by atoms with Crippen LogP contribution in [0.3, 0.4) is 0 Å². The molecule has 122 valence electrons. The van der Waals surface area contributed by atoms with Crippen LogP contribution in [-0.2, 0) is 0 Å². The third-order valence-electron chi connectivity index (χ3n) is 4.27. The van der Waals surface area contributed by atoms with Crippen LogP contribution in [0.4, 0.5) is 0 Å². The smallest absolute Gasteiger partial charge is 0.170 e. The molecule has 0 bridgehead atoms. The number of aromatic nitrogens is 2. The second kappa shape index (κ2) is 6.32. The lowest BCUT2D eigenvalue weighted by Gasteiger charge is -2.29. The molecular formula is C18H24N4S. The third-order valence-corrected chi connectivity index (χ3v) is 4.62. The van der Waals surface area contributed by atoms with Crippen molar-refractivity contribution in [3.8, 4) is 0 Å². The molecule has 2 aromatic heterocycles. The molecule has 2 aromatic rings.